The summed E-state index contributed by atoms with van der Waals surface area (Å²) in [5.41, 5.74) is 2.77. The molecule has 1 N–H and O–H groups in total. The van der Waals surface area contributed by atoms with Gasteiger partial charge in [0.05, 0.1) is 6.20 Å². The van der Waals surface area contributed by atoms with Crippen LogP contribution in [0.3, 0.4) is 0 Å². The van der Waals surface area contributed by atoms with Crippen molar-refractivity contribution in [2.75, 3.05) is 13.1 Å². The van der Waals surface area contributed by atoms with Crippen LogP contribution in [0.2, 0.25) is 5.02 Å². The summed E-state index contributed by atoms with van der Waals surface area (Å²) in [6, 6.07) is 8.21. The predicted octanol–water partition coefficient (Wildman–Crippen LogP) is 2.16. The minimum atomic E-state index is 0.175. The Hall–Kier alpha value is -1.32. The van der Waals surface area contributed by atoms with Gasteiger partial charge in [0.15, 0.2) is 0 Å². The normalized spacial score (nSPS) is 17.4. The van der Waals surface area contributed by atoms with Gasteiger partial charge in [0.2, 0.25) is 0 Å². The SMILES string of the molecule is Cn1cc(CC2(c3cccc(Cl)c3)CNC2)cn1. The van der Waals surface area contributed by atoms with E-state index in [4.69, 9.17) is 11.6 Å². The number of nitrogens with zero attached hydrogens (tertiary/aromatic N) is 2. The molecule has 18 heavy (non-hydrogen) atoms. The van der Waals surface area contributed by atoms with Crippen LogP contribution in [0.1, 0.15) is 11.1 Å². The van der Waals surface area contributed by atoms with E-state index in [1.807, 2.05) is 30.1 Å². The fourth-order valence-electron chi connectivity index (χ4n) is 2.63. The third-order valence-electron chi connectivity index (χ3n) is 3.66. The molecule has 0 unspecified atom stereocenters. The second-order valence-corrected chi connectivity index (χ2v) is 5.53. The van der Waals surface area contributed by atoms with Crippen LogP contribution in [0.15, 0.2) is 36.7 Å². The Morgan fingerprint density at radius 2 is 2.28 bits per heavy atom. The van der Waals surface area contributed by atoms with Gasteiger partial charge >= 0.3 is 0 Å². The first-order valence-corrected chi connectivity index (χ1v) is 6.50. The lowest BCUT2D eigenvalue weighted by Crippen LogP contribution is -2.58. The minimum Gasteiger partial charge on any atom is -0.315 e. The molecular weight excluding hydrogens is 246 g/mol. The first kappa shape index (κ1) is 11.8. The molecule has 0 amide bonds. The Bertz CT molecular complexity index is 558. The van der Waals surface area contributed by atoms with Crippen LogP contribution >= 0.6 is 11.6 Å². The lowest BCUT2D eigenvalue weighted by molar-refractivity contribution is 0.274. The van der Waals surface area contributed by atoms with Gasteiger partial charge in [-0.2, -0.15) is 5.10 Å². The van der Waals surface area contributed by atoms with E-state index in [9.17, 15) is 0 Å². The summed E-state index contributed by atoms with van der Waals surface area (Å²) < 4.78 is 1.85. The Kier molecular flexibility index (Phi) is 2.88. The number of benzene rings is 1. The molecule has 1 aliphatic heterocycles. The van der Waals surface area contributed by atoms with Crippen LogP contribution < -0.4 is 5.32 Å². The average Bonchev–Trinajstić information content (AvgIpc) is 2.69. The predicted molar refractivity (Wildman–Crippen MR) is 72.9 cm³/mol. The molecule has 0 aliphatic carbocycles. The average molecular weight is 262 g/mol. The highest BCUT2D eigenvalue weighted by atomic mass is 35.5. The van der Waals surface area contributed by atoms with Gasteiger partial charge in [-0.15, -0.1) is 0 Å². The van der Waals surface area contributed by atoms with Crippen molar-refractivity contribution in [3.05, 3.63) is 52.8 Å². The minimum absolute atomic E-state index is 0.175. The number of halogens is 1. The van der Waals surface area contributed by atoms with Gasteiger partial charge < -0.3 is 5.32 Å². The van der Waals surface area contributed by atoms with Gasteiger partial charge in [-0.3, -0.25) is 4.68 Å². The molecule has 0 spiro atoms. The standard InChI is InChI=1S/C14H16ClN3/c1-18-8-11(7-17-18)6-14(9-16-10-14)12-3-2-4-13(15)5-12/h2-5,7-8,16H,6,9-10H2,1H3. The molecule has 3 nitrogen and oxygen atoms in total. The van der Waals surface area contributed by atoms with Gasteiger partial charge in [-0.1, -0.05) is 23.7 Å². The molecular formula is C14H16ClN3. The number of rotatable bonds is 3. The molecule has 3 rings (SSSR count). The third kappa shape index (κ3) is 2.04. The lowest BCUT2D eigenvalue weighted by atomic mass is 9.71. The Balaban J connectivity index is 1.90. The van der Waals surface area contributed by atoms with Crippen molar-refractivity contribution in [1.29, 1.82) is 0 Å². The van der Waals surface area contributed by atoms with Crippen molar-refractivity contribution in [2.24, 2.45) is 7.05 Å². The molecule has 0 bridgehead atoms. The van der Waals surface area contributed by atoms with Crippen LogP contribution in [0, 0.1) is 0 Å². The maximum atomic E-state index is 6.10. The zero-order chi connectivity index (χ0) is 12.6. The van der Waals surface area contributed by atoms with E-state index in [0.29, 0.717) is 0 Å². The molecule has 0 saturated carbocycles. The maximum Gasteiger partial charge on any atom is 0.0521 e. The summed E-state index contributed by atoms with van der Waals surface area (Å²) >= 11 is 6.10. The van der Waals surface area contributed by atoms with Crippen molar-refractivity contribution in [3.63, 3.8) is 0 Å². The molecule has 1 aliphatic rings. The van der Waals surface area contributed by atoms with Gasteiger partial charge in [0.1, 0.15) is 0 Å². The largest absolute Gasteiger partial charge is 0.315 e. The Morgan fingerprint density at radius 1 is 1.44 bits per heavy atom. The third-order valence-corrected chi connectivity index (χ3v) is 3.90. The fourth-order valence-corrected chi connectivity index (χ4v) is 2.82. The Labute approximate surface area is 112 Å². The zero-order valence-electron chi connectivity index (χ0n) is 10.4. The highest BCUT2D eigenvalue weighted by molar-refractivity contribution is 6.30. The second-order valence-electron chi connectivity index (χ2n) is 5.09. The summed E-state index contributed by atoms with van der Waals surface area (Å²) in [6.07, 6.45) is 5.05. The van der Waals surface area contributed by atoms with E-state index < -0.39 is 0 Å². The van der Waals surface area contributed by atoms with Crippen LogP contribution in [-0.2, 0) is 18.9 Å². The van der Waals surface area contributed by atoms with Crippen molar-refractivity contribution in [1.82, 2.24) is 15.1 Å². The summed E-state index contributed by atoms with van der Waals surface area (Å²) in [6.45, 7) is 2.00. The second kappa shape index (κ2) is 4.41. The van der Waals surface area contributed by atoms with Crippen molar-refractivity contribution >= 4 is 11.6 Å². The zero-order valence-corrected chi connectivity index (χ0v) is 11.1. The number of hydrogen-bond acceptors (Lipinski definition) is 2. The quantitative estimate of drug-likeness (QED) is 0.918. The van der Waals surface area contributed by atoms with E-state index in [-0.39, 0.29) is 5.41 Å². The highest BCUT2D eigenvalue weighted by Gasteiger charge is 2.39. The van der Waals surface area contributed by atoms with Gasteiger partial charge in [0.25, 0.3) is 0 Å². The first-order chi connectivity index (χ1) is 8.68. The molecule has 0 atom stereocenters. The molecule has 2 aromatic rings. The van der Waals surface area contributed by atoms with Crippen molar-refractivity contribution in [3.8, 4) is 0 Å². The summed E-state index contributed by atoms with van der Waals surface area (Å²) in [7, 11) is 1.95. The highest BCUT2D eigenvalue weighted by Crippen LogP contribution is 2.33. The van der Waals surface area contributed by atoms with E-state index in [1.54, 1.807) is 0 Å². The molecule has 1 saturated heterocycles. The molecule has 1 aromatic heterocycles. The first-order valence-electron chi connectivity index (χ1n) is 6.12. The van der Waals surface area contributed by atoms with Crippen LogP contribution in [0.25, 0.3) is 0 Å². The number of aryl methyl sites for hydroxylation is 1. The van der Waals surface area contributed by atoms with Crippen LogP contribution in [0.5, 0.6) is 0 Å². The van der Waals surface area contributed by atoms with Crippen molar-refractivity contribution < 1.29 is 0 Å². The van der Waals surface area contributed by atoms with Crippen molar-refractivity contribution in [2.45, 2.75) is 11.8 Å². The fraction of sp³-hybridized carbons (Fsp3) is 0.357. The van der Waals surface area contributed by atoms with E-state index in [2.05, 4.69) is 28.7 Å². The molecule has 0 radical (unpaired) electrons. The van der Waals surface area contributed by atoms with Gasteiger partial charge in [-0.05, 0) is 29.7 Å². The van der Waals surface area contributed by atoms with E-state index in [0.717, 1.165) is 24.5 Å². The monoisotopic (exact) mass is 261 g/mol. The number of nitrogens with one attached hydrogen (secondary N) is 1. The lowest BCUT2D eigenvalue weighted by Gasteiger charge is -2.43. The van der Waals surface area contributed by atoms with E-state index in [1.165, 1.54) is 11.1 Å². The topological polar surface area (TPSA) is 29.9 Å². The van der Waals surface area contributed by atoms with Crippen LogP contribution in [-0.4, -0.2) is 22.9 Å². The smallest absolute Gasteiger partial charge is 0.0521 e. The summed E-state index contributed by atoms with van der Waals surface area (Å²) in [5.74, 6) is 0. The Morgan fingerprint density at radius 3 is 2.83 bits per heavy atom. The molecule has 94 valence electrons. The molecule has 1 aromatic carbocycles. The maximum absolute atomic E-state index is 6.10. The van der Waals surface area contributed by atoms with Crippen LogP contribution in [0.4, 0.5) is 0 Å². The summed E-state index contributed by atoms with van der Waals surface area (Å²) in [5, 5.41) is 8.43. The molecule has 4 heteroatoms. The number of aromatic nitrogens is 2. The van der Waals surface area contributed by atoms with E-state index >= 15 is 0 Å². The summed E-state index contributed by atoms with van der Waals surface area (Å²) in [4.78, 5) is 0. The number of hydrogen-bond donors (Lipinski definition) is 1. The molecule has 1 fully saturated rings. The van der Waals surface area contributed by atoms with Gasteiger partial charge in [-0.25, -0.2) is 0 Å². The molecule has 2 heterocycles. The van der Waals surface area contributed by atoms with Gasteiger partial charge in [0, 0.05) is 36.8 Å².